The van der Waals surface area contributed by atoms with Gasteiger partial charge in [0.1, 0.15) is 0 Å². The quantitative estimate of drug-likeness (QED) is 0.592. The first-order valence-electron chi connectivity index (χ1n) is 13.1. The monoisotopic (exact) mass is 484 g/mol. The Morgan fingerprint density at radius 1 is 1.11 bits per heavy atom. The number of nitrogens with one attached hydrogen (secondary N) is 1. The van der Waals surface area contributed by atoms with Gasteiger partial charge in [0, 0.05) is 25.0 Å². The molecule has 2 aliphatic carbocycles. The minimum atomic E-state index is -0.768. The molecule has 0 atom stereocenters. The third-order valence-corrected chi connectivity index (χ3v) is 9.08. The number of carbonyl (C=O) groups is 2. The zero-order chi connectivity index (χ0) is 24.7. The van der Waals surface area contributed by atoms with E-state index >= 15 is 0 Å². The van der Waals surface area contributed by atoms with Crippen LogP contribution in [0.15, 0.2) is 30.3 Å². The van der Waals surface area contributed by atoms with Gasteiger partial charge in [-0.15, -0.1) is 0 Å². The van der Waals surface area contributed by atoms with Gasteiger partial charge in [-0.25, -0.2) is 4.79 Å². The van der Waals surface area contributed by atoms with Crippen LogP contribution >= 0.6 is 0 Å². The smallest absolute Gasteiger partial charge is 0.320 e. The molecular formula is C27H40N4O4. The molecule has 1 spiro atoms. The maximum absolute atomic E-state index is 13.6. The van der Waals surface area contributed by atoms with Gasteiger partial charge in [0.25, 0.3) is 0 Å². The Bertz CT molecular complexity index is 920. The highest BCUT2D eigenvalue weighted by Gasteiger charge is 2.56. The number of rotatable bonds is 8. The van der Waals surface area contributed by atoms with Crippen molar-refractivity contribution in [1.82, 2.24) is 20.0 Å². The fourth-order valence-electron chi connectivity index (χ4n) is 6.48. The number of amides is 3. The van der Waals surface area contributed by atoms with Crippen LogP contribution in [0.1, 0.15) is 56.9 Å². The lowest BCUT2D eigenvalue weighted by atomic mass is 9.67. The van der Waals surface area contributed by atoms with Crippen LogP contribution < -0.4 is 5.32 Å². The number of nitrogens with zero attached hydrogens (tertiary/aromatic N) is 3. The van der Waals surface area contributed by atoms with Crippen LogP contribution in [0, 0.1) is 0 Å². The van der Waals surface area contributed by atoms with Gasteiger partial charge in [-0.05, 0) is 64.6 Å². The van der Waals surface area contributed by atoms with E-state index in [9.17, 15) is 14.7 Å². The maximum atomic E-state index is 13.6. The number of β-amino-alcohol motifs (C(OH)–C–C–N with tert-alkyl or cyclic N) is 1. The molecule has 0 aromatic heterocycles. The van der Waals surface area contributed by atoms with Gasteiger partial charge in [-0.3, -0.25) is 9.69 Å². The first kappa shape index (κ1) is 24.5. The Morgan fingerprint density at radius 2 is 1.80 bits per heavy atom. The molecule has 8 heteroatoms. The van der Waals surface area contributed by atoms with Gasteiger partial charge in [0.15, 0.2) is 0 Å². The largest absolute Gasteiger partial charge is 0.388 e. The van der Waals surface area contributed by atoms with E-state index in [4.69, 9.17) is 4.74 Å². The van der Waals surface area contributed by atoms with Crippen LogP contribution in [0.5, 0.6) is 0 Å². The van der Waals surface area contributed by atoms with Gasteiger partial charge < -0.3 is 25.0 Å². The standard InChI is InChI=1S/C27H40N4O4/c1-29(2)27(21-7-4-3-5-8-21)14-12-25(13-15-27)19-30(16-9-23(32)28-22-17-35-18-22)24(33)31(25)20-26(34)10-6-11-26/h3-5,7-8,22,34H,6,9-20H2,1-2H3,(H,28,32). The Hall–Kier alpha value is -2.16. The van der Waals surface area contributed by atoms with E-state index in [-0.39, 0.29) is 29.1 Å². The van der Waals surface area contributed by atoms with E-state index in [1.54, 1.807) is 0 Å². The summed E-state index contributed by atoms with van der Waals surface area (Å²) in [6, 6.07) is 10.8. The zero-order valence-electron chi connectivity index (χ0n) is 21.2. The summed E-state index contributed by atoms with van der Waals surface area (Å²) in [5, 5.41) is 14.0. The molecule has 0 unspecified atom stereocenters. The molecule has 2 saturated heterocycles. The molecule has 35 heavy (non-hydrogen) atoms. The second kappa shape index (κ2) is 9.37. The van der Waals surface area contributed by atoms with Crippen LogP contribution in [-0.4, -0.2) is 95.9 Å². The van der Waals surface area contributed by atoms with E-state index in [0.29, 0.717) is 39.3 Å². The highest BCUT2D eigenvalue weighted by atomic mass is 16.5. The van der Waals surface area contributed by atoms with Crippen molar-refractivity contribution in [3.63, 3.8) is 0 Å². The second-order valence-electron chi connectivity index (χ2n) is 11.4. The molecule has 5 rings (SSSR count). The molecule has 0 radical (unpaired) electrons. The van der Waals surface area contributed by atoms with E-state index in [0.717, 1.165) is 44.9 Å². The number of aliphatic hydroxyl groups is 1. The molecule has 2 N–H and O–H groups in total. The van der Waals surface area contributed by atoms with Crippen molar-refractivity contribution in [2.45, 2.75) is 74.1 Å². The molecule has 192 valence electrons. The number of urea groups is 1. The van der Waals surface area contributed by atoms with E-state index in [1.807, 2.05) is 9.80 Å². The molecule has 1 aromatic rings. The van der Waals surface area contributed by atoms with E-state index < -0.39 is 5.60 Å². The number of benzene rings is 1. The average Bonchev–Trinajstić information content (AvgIpc) is 3.05. The molecule has 4 fully saturated rings. The molecule has 4 aliphatic rings. The van der Waals surface area contributed by atoms with Crippen LogP contribution in [0.25, 0.3) is 0 Å². The summed E-state index contributed by atoms with van der Waals surface area (Å²) in [7, 11) is 4.30. The van der Waals surface area contributed by atoms with Crippen molar-refractivity contribution in [1.29, 1.82) is 0 Å². The lowest BCUT2D eigenvalue weighted by Gasteiger charge is -2.52. The lowest BCUT2D eigenvalue weighted by molar-refractivity contribution is -0.125. The van der Waals surface area contributed by atoms with Crippen molar-refractivity contribution < 1.29 is 19.4 Å². The minimum absolute atomic E-state index is 0.0258. The zero-order valence-corrected chi connectivity index (χ0v) is 21.2. The fraction of sp³-hybridized carbons (Fsp3) is 0.704. The van der Waals surface area contributed by atoms with Gasteiger partial charge in [-0.1, -0.05) is 30.3 Å². The molecule has 0 bridgehead atoms. The molecule has 8 nitrogen and oxygen atoms in total. The Labute approximate surface area is 208 Å². The maximum Gasteiger partial charge on any atom is 0.320 e. The Kier molecular flexibility index (Phi) is 6.57. The Balaban J connectivity index is 1.32. The summed E-state index contributed by atoms with van der Waals surface area (Å²) in [5.41, 5.74) is 0.194. The topological polar surface area (TPSA) is 85.4 Å². The van der Waals surface area contributed by atoms with Gasteiger partial charge >= 0.3 is 6.03 Å². The fourth-order valence-corrected chi connectivity index (χ4v) is 6.48. The predicted molar refractivity (Wildman–Crippen MR) is 133 cm³/mol. The molecular weight excluding hydrogens is 444 g/mol. The van der Waals surface area contributed by atoms with Crippen LogP contribution in [0.4, 0.5) is 4.79 Å². The summed E-state index contributed by atoms with van der Waals surface area (Å²) in [6.45, 7) is 2.57. The van der Waals surface area contributed by atoms with Gasteiger partial charge in [-0.2, -0.15) is 0 Å². The number of hydrogen-bond donors (Lipinski definition) is 2. The number of ether oxygens (including phenoxy) is 1. The van der Waals surface area contributed by atoms with Crippen molar-refractivity contribution >= 4 is 11.9 Å². The summed E-state index contributed by atoms with van der Waals surface area (Å²) in [6.07, 6.45) is 6.47. The summed E-state index contributed by atoms with van der Waals surface area (Å²) >= 11 is 0. The minimum Gasteiger partial charge on any atom is -0.388 e. The second-order valence-corrected chi connectivity index (χ2v) is 11.4. The summed E-state index contributed by atoms with van der Waals surface area (Å²) < 4.78 is 5.13. The number of carbonyl (C=O) groups excluding carboxylic acids is 2. The summed E-state index contributed by atoms with van der Waals surface area (Å²) in [5.74, 6) is -0.0319. The molecule has 2 saturated carbocycles. The van der Waals surface area contributed by atoms with Crippen molar-refractivity contribution in [2.75, 3.05) is 46.9 Å². The predicted octanol–water partition coefficient (Wildman–Crippen LogP) is 2.31. The van der Waals surface area contributed by atoms with Crippen LogP contribution in [0.2, 0.25) is 0 Å². The van der Waals surface area contributed by atoms with Crippen LogP contribution in [-0.2, 0) is 15.1 Å². The van der Waals surface area contributed by atoms with Crippen molar-refractivity contribution in [3.8, 4) is 0 Å². The van der Waals surface area contributed by atoms with Crippen LogP contribution in [0.3, 0.4) is 0 Å². The highest BCUT2D eigenvalue weighted by molar-refractivity contribution is 5.80. The summed E-state index contributed by atoms with van der Waals surface area (Å²) in [4.78, 5) is 32.2. The third kappa shape index (κ3) is 4.56. The molecule has 1 aromatic carbocycles. The first-order valence-corrected chi connectivity index (χ1v) is 13.1. The highest BCUT2D eigenvalue weighted by Crippen LogP contribution is 2.50. The third-order valence-electron chi connectivity index (χ3n) is 9.08. The molecule has 2 heterocycles. The lowest BCUT2D eigenvalue weighted by Crippen LogP contribution is -2.59. The van der Waals surface area contributed by atoms with E-state index in [1.165, 1.54) is 5.56 Å². The number of hydrogen-bond acceptors (Lipinski definition) is 5. The van der Waals surface area contributed by atoms with Crippen molar-refractivity contribution in [2.24, 2.45) is 0 Å². The van der Waals surface area contributed by atoms with E-state index in [2.05, 4.69) is 54.6 Å². The normalized spacial score (nSPS) is 30.5. The Morgan fingerprint density at radius 3 is 2.34 bits per heavy atom. The van der Waals surface area contributed by atoms with Gasteiger partial charge in [0.2, 0.25) is 5.91 Å². The average molecular weight is 485 g/mol. The van der Waals surface area contributed by atoms with Crippen molar-refractivity contribution in [3.05, 3.63) is 35.9 Å². The SMILES string of the molecule is CN(C)C1(c2ccccc2)CCC2(CC1)CN(CCC(=O)NC1COC1)C(=O)N2CC1(O)CCC1. The van der Waals surface area contributed by atoms with Gasteiger partial charge in [0.05, 0.1) is 36.9 Å². The molecule has 3 amide bonds. The molecule has 2 aliphatic heterocycles. The first-order chi connectivity index (χ1) is 16.8.